The topological polar surface area (TPSA) is 95.9 Å². The molecule has 0 rings (SSSR count). The lowest BCUT2D eigenvalue weighted by molar-refractivity contribution is -0.143. The molecule has 6 heteroatoms. The van der Waals surface area contributed by atoms with Gasteiger partial charge in [-0.1, -0.05) is 347 Å². The minimum atomic E-state index is -0.659. The Morgan fingerprint density at radius 2 is 0.618 bits per heavy atom. The van der Waals surface area contributed by atoms with Crippen molar-refractivity contribution in [2.24, 2.45) is 0 Å². The molecule has 1 amide bonds. The second kappa shape index (κ2) is 66.1. The fourth-order valence-corrected chi connectivity index (χ4v) is 11.2. The first-order valence-corrected chi connectivity index (χ1v) is 34.9. The average molecular weight is 1070 g/mol. The maximum absolute atomic E-state index is 12.5. The number of rotatable bonds is 66. The molecule has 3 N–H and O–H groups in total. The Hall–Kier alpha value is -1.40. The number of esters is 1. The van der Waals surface area contributed by atoms with Crippen LogP contribution < -0.4 is 5.32 Å². The monoisotopic (exact) mass is 1070 g/mol. The van der Waals surface area contributed by atoms with E-state index in [9.17, 15) is 19.8 Å². The zero-order chi connectivity index (χ0) is 55.0. The number of carbonyl (C=O) groups is 2. The van der Waals surface area contributed by atoms with Crippen LogP contribution in [-0.4, -0.2) is 47.4 Å². The van der Waals surface area contributed by atoms with Crippen LogP contribution >= 0.6 is 0 Å². The van der Waals surface area contributed by atoms with E-state index in [-0.39, 0.29) is 18.5 Å². The Morgan fingerprint density at radius 1 is 0.355 bits per heavy atom. The largest absolute Gasteiger partial charge is 0.466 e. The quantitative estimate of drug-likeness (QED) is 0.0320. The van der Waals surface area contributed by atoms with Crippen LogP contribution in [-0.2, 0) is 14.3 Å². The number of carbonyl (C=O) groups excluding carboxylic acids is 2. The number of amides is 1. The van der Waals surface area contributed by atoms with Gasteiger partial charge in [0.2, 0.25) is 5.91 Å². The molecule has 0 heterocycles. The summed E-state index contributed by atoms with van der Waals surface area (Å²) in [5.74, 6) is -0.0103. The molecule has 0 aliphatic carbocycles. The molecule has 6 nitrogen and oxygen atoms in total. The zero-order valence-corrected chi connectivity index (χ0v) is 51.8. The third-order valence-corrected chi connectivity index (χ3v) is 16.6. The Kier molecular flexibility index (Phi) is 64.9. The maximum Gasteiger partial charge on any atom is 0.305 e. The Balaban J connectivity index is 3.29. The van der Waals surface area contributed by atoms with Gasteiger partial charge in [-0.05, 0) is 51.4 Å². The molecule has 0 bridgehead atoms. The van der Waals surface area contributed by atoms with Crippen LogP contribution in [0.3, 0.4) is 0 Å². The first-order chi connectivity index (χ1) is 37.5. The lowest BCUT2D eigenvalue weighted by atomic mass is 10.0. The first kappa shape index (κ1) is 74.6. The van der Waals surface area contributed by atoms with Gasteiger partial charge in [0.15, 0.2) is 0 Å². The van der Waals surface area contributed by atoms with Crippen molar-refractivity contribution in [2.75, 3.05) is 13.2 Å². The van der Waals surface area contributed by atoms with Crippen LogP contribution in [0.25, 0.3) is 0 Å². The van der Waals surface area contributed by atoms with Gasteiger partial charge in [-0.2, -0.15) is 0 Å². The zero-order valence-electron chi connectivity index (χ0n) is 51.8. The van der Waals surface area contributed by atoms with Gasteiger partial charge in [0.25, 0.3) is 0 Å². The van der Waals surface area contributed by atoms with E-state index in [2.05, 4.69) is 31.3 Å². The van der Waals surface area contributed by atoms with Gasteiger partial charge in [-0.25, -0.2) is 0 Å². The summed E-state index contributed by atoms with van der Waals surface area (Å²) in [5.41, 5.74) is 0. The molecule has 0 aliphatic rings. The Bertz CT molecular complexity index is 1140. The number of ether oxygens (including phenoxy) is 1. The fraction of sp³-hybridized carbons (Fsp3) is 0.943. The predicted molar refractivity (Wildman–Crippen MR) is 333 cm³/mol. The van der Waals surface area contributed by atoms with Gasteiger partial charge in [-0.15, -0.1) is 0 Å². The van der Waals surface area contributed by atoms with E-state index in [0.29, 0.717) is 25.9 Å². The number of nitrogens with one attached hydrogen (secondary N) is 1. The highest BCUT2D eigenvalue weighted by Crippen LogP contribution is 2.19. The summed E-state index contributed by atoms with van der Waals surface area (Å²) in [6.45, 7) is 4.98. The highest BCUT2D eigenvalue weighted by atomic mass is 16.5. The van der Waals surface area contributed by atoms with Crippen LogP contribution in [0.4, 0.5) is 0 Å². The lowest BCUT2D eigenvalue weighted by Crippen LogP contribution is -2.45. The summed E-state index contributed by atoms with van der Waals surface area (Å²) in [6.07, 6.45) is 81.3. The number of aliphatic hydroxyl groups is 2. The molecule has 0 saturated heterocycles. The van der Waals surface area contributed by atoms with E-state index >= 15 is 0 Å². The van der Waals surface area contributed by atoms with Crippen molar-refractivity contribution in [1.29, 1.82) is 0 Å². The molecule has 0 saturated carbocycles. The Morgan fingerprint density at radius 3 is 0.934 bits per heavy atom. The lowest BCUT2D eigenvalue weighted by Gasteiger charge is -2.22. The van der Waals surface area contributed by atoms with Crippen LogP contribution in [0.1, 0.15) is 399 Å². The summed E-state index contributed by atoms with van der Waals surface area (Å²) in [6, 6.07) is -0.536. The van der Waals surface area contributed by atoms with Crippen LogP contribution in [0.15, 0.2) is 12.2 Å². The van der Waals surface area contributed by atoms with Crippen LogP contribution in [0, 0.1) is 0 Å². The number of hydrogen-bond donors (Lipinski definition) is 3. The molecule has 0 aromatic rings. The molecule has 0 aromatic carbocycles. The van der Waals surface area contributed by atoms with E-state index in [4.69, 9.17) is 4.74 Å². The molecule has 2 atom stereocenters. The molecule has 0 aromatic heterocycles. The van der Waals surface area contributed by atoms with Crippen LogP contribution in [0.2, 0.25) is 0 Å². The molecule has 2 unspecified atom stereocenters. The van der Waals surface area contributed by atoms with E-state index in [1.807, 2.05) is 0 Å². The summed E-state index contributed by atoms with van der Waals surface area (Å²) < 4.78 is 5.51. The fourth-order valence-electron chi connectivity index (χ4n) is 11.2. The minimum Gasteiger partial charge on any atom is -0.466 e. The van der Waals surface area contributed by atoms with E-state index in [1.54, 1.807) is 0 Å². The van der Waals surface area contributed by atoms with Crippen molar-refractivity contribution < 1.29 is 24.5 Å². The van der Waals surface area contributed by atoms with Crippen molar-refractivity contribution in [3.05, 3.63) is 12.2 Å². The molecular weight excluding hydrogens is 935 g/mol. The number of hydrogen-bond acceptors (Lipinski definition) is 5. The number of allylic oxidation sites excluding steroid dienone is 2. The van der Waals surface area contributed by atoms with Crippen molar-refractivity contribution >= 4 is 11.9 Å². The van der Waals surface area contributed by atoms with Gasteiger partial charge < -0.3 is 20.3 Å². The second-order valence-electron chi connectivity index (χ2n) is 24.2. The Labute approximate surface area is 476 Å². The third-order valence-electron chi connectivity index (χ3n) is 16.6. The van der Waals surface area contributed by atoms with Gasteiger partial charge in [0.1, 0.15) is 0 Å². The minimum absolute atomic E-state index is 0.0199. The summed E-state index contributed by atoms with van der Waals surface area (Å²) in [7, 11) is 0. The van der Waals surface area contributed by atoms with Gasteiger partial charge in [0, 0.05) is 12.8 Å². The highest BCUT2D eigenvalue weighted by molar-refractivity contribution is 5.76. The van der Waals surface area contributed by atoms with Gasteiger partial charge in [-0.3, -0.25) is 9.59 Å². The molecular formula is C70H137NO5. The smallest absolute Gasteiger partial charge is 0.305 e. The molecule has 0 fully saturated rings. The van der Waals surface area contributed by atoms with E-state index < -0.39 is 12.1 Å². The normalized spacial score (nSPS) is 12.5. The van der Waals surface area contributed by atoms with Gasteiger partial charge >= 0.3 is 5.97 Å². The summed E-state index contributed by atoms with van der Waals surface area (Å²) in [5, 5.41) is 23.2. The third kappa shape index (κ3) is 61.8. The molecule has 452 valence electrons. The highest BCUT2D eigenvalue weighted by Gasteiger charge is 2.20. The standard InChI is InChI=1S/C70H137NO5/c1-3-5-7-9-11-13-15-16-17-18-30-34-37-40-44-48-52-56-60-64-70(75)76-65-61-57-53-49-45-41-38-35-32-29-27-25-23-21-19-20-22-24-26-28-31-33-36-39-43-47-51-55-59-63-69(74)71-67(66-72)68(73)62-58-54-50-46-42-14-12-10-8-6-4-2/h16-17,67-68,72-73H,3-15,18-66H2,1-2H3,(H,71,74)/b17-16-. The van der Waals surface area contributed by atoms with Crippen molar-refractivity contribution in [3.8, 4) is 0 Å². The molecule has 0 aliphatic heterocycles. The van der Waals surface area contributed by atoms with Crippen LogP contribution in [0.5, 0.6) is 0 Å². The van der Waals surface area contributed by atoms with E-state index in [0.717, 1.165) is 38.5 Å². The van der Waals surface area contributed by atoms with E-state index in [1.165, 1.54) is 327 Å². The molecule has 76 heavy (non-hydrogen) atoms. The summed E-state index contributed by atoms with van der Waals surface area (Å²) in [4.78, 5) is 24.6. The predicted octanol–water partition coefficient (Wildman–Crippen LogP) is 22.4. The van der Waals surface area contributed by atoms with Crippen molar-refractivity contribution in [2.45, 2.75) is 411 Å². The van der Waals surface area contributed by atoms with Crippen molar-refractivity contribution in [1.82, 2.24) is 5.32 Å². The number of unbranched alkanes of at least 4 members (excludes halogenated alkanes) is 53. The summed E-state index contributed by atoms with van der Waals surface area (Å²) >= 11 is 0. The molecule has 0 radical (unpaired) electrons. The molecule has 0 spiro atoms. The first-order valence-electron chi connectivity index (χ1n) is 34.9. The van der Waals surface area contributed by atoms with Gasteiger partial charge in [0.05, 0.1) is 25.4 Å². The SMILES string of the molecule is CCCCCCCC/C=C\CCCCCCCCCCCC(=O)OCCCCCCCCCCCCCCCCCCCCCCCCCCCCCCCC(=O)NC(CO)C(O)CCCCCCCCCCCCC. The van der Waals surface area contributed by atoms with Crippen molar-refractivity contribution in [3.63, 3.8) is 0 Å². The second-order valence-corrected chi connectivity index (χ2v) is 24.2. The average Bonchev–Trinajstić information content (AvgIpc) is 3.42. The number of aliphatic hydroxyl groups excluding tert-OH is 2. The maximum atomic E-state index is 12.5.